The molecule has 0 saturated carbocycles. The number of nitro groups is 1. The molecule has 6 nitrogen and oxygen atoms in total. The Labute approximate surface area is 119 Å². The van der Waals surface area contributed by atoms with Crippen LogP contribution in [-0.4, -0.2) is 16.0 Å². The summed E-state index contributed by atoms with van der Waals surface area (Å²) in [4.78, 5) is 21.2. The standard InChI is InChI=1S/C14H11FN2O4/c15-10-3-1-2-9(6-10)8-16-13-7-11(17(20)21)4-5-12(13)14(18)19/h1-7,16H,8H2,(H,18,19). The number of hydrogen-bond donors (Lipinski definition) is 2. The fourth-order valence-corrected chi connectivity index (χ4v) is 1.82. The lowest BCUT2D eigenvalue weighted by Gasteiger charge is -2.09. The third-order valence-corrected chi connectivity index (χ3v) is 2.82. The number of benzene rings is 2. The van der Waals surface area contributed by atoms with Crippen LogP contribution in [-0.2, 0) is 6.54 Å². The lowest BCUT2D eigenvalue weighted by Crippen LogP contribution is -2.07. The highest BCUT2D eigenvalue weighted by molar-refractivity contribution is 5.94. The van der Waals surface area contributed by atoms with Gasteiger partial charge >= 0.3 is 5.97 Å². The van der Waals surface area contributed by atoms with Gasteiger partial charge in [0.2, 0.25) is 0 Å². The molecular formula is C14H11FN2O4. The summed E-state index contributed by atoms with van der Waals surface area (Å²) in [7, 11) is 0. The Morgan fingerprint density at radius 1 is 1.29 bits per heavy atom. The summed E-state index contributed by atoms with van der Waals surface area (Å²) in [6, 6.07) is 9.20. The van der Waals surface area contributed by atoms with Gasteiger partial charge in [0.25, 0.3) is 5.69 Å². The van der Waals surface area contributed by atoms with E-state index in [-0.39, 0.29) is 23.5 Å². The van der Waals surface area contributed by atoms with Gasteiger partial charge in [0, 0.05) is 18.7 Å². The van der Waals surface area contributed by atoms with Gasteiger partial charge in [0.15, 0.2) is 0 Å². The minimum absolute atomic E-state index is 0.0861. The second kappa shape index (κ2) is 6.00. The van der Waals surface area contributed by atoms with Crippen molar-refractivity contribution in [3.8, 4) is 0 Å². The molecule has 0 atom stereocenters. The molecule has 0 aromatic heterocycles. The molecule has 0 fully saturated rings. The lowest BCUT2D eigenvalue weighted by atomic mass is 10.1. The topological polar surface area (TPSA) is 92.5 Å². The van der Waals surface area contributed by atoms with Crippen LogP contribution >= 0.6 is 0 Å². The molecule has 2 rings (SSSR count). The zero-order chi connectivity index (χ0) is 15.4. The predicted octanol–water partition coefficient (Wildman–Crippen LogP) is 3.04. The van der Waals surface area contributed by atoms with Gasteiger partial charge < -0.3 is 10.4 Å². The van der Waals surface area contributed by atoms with Crippen LogP contribution in [0.2, 0.25) is 0 Å². The van der Waals surface area contributed by atoms with Crippen LogP contribution in [0.25, 0.3) is 0 Å². The second-order valence-corrected chi connectivity index (χ2v) is 4.28. The van der Waals surface area contributed by atoms with Gasteiger partial charge in [-0.05, 0) is 23.8 Å². The molecule has 2 N–H and O–H groups in total. The van der Waals surface area contributed by atoms with E-state index in [1.165, 1.54) is 18.2 Å². The molecular weight excluding hydrogens is 279 g/mol. The highest BCUT2D eigenvalue weighted by Gasteiger charge is 2.15. The Kier molecular flexibility index (Phi) is 4.13. The molecule has 0 aliphatic carbocycles. The first-order chi connectivity index (χ1) is 9.97. The summed E-state index contributed by atoms with van der Waals surface area (Å²) >= 11 is 0. The monoisotopic (exact) mass is 290 g/mol. The van der Waals surface area contributed by atoms with E-state index in [9.17, 15) is 19.3 Å². The Morgan fingerprint density at radius 3 is 2.67 bits per heavy atom. The fraction of sp³-hybridized carbons (Fsp3) is 0.0714. The largest absolute Gasteiger partial charge is 0.478 e. The van der Waals surface area contributed by atoms with Crippen LogP contribution < -0.4 is 5.32 Å². The van der Waals surface area contributed by atoms with Crippen LogP contribution in [0.15, 0.2) is 42.5 Å². The molecule has 0 aliphatic rings. The molecule has 2 aromatic carbocycles. The van der Waals surface area contributed by atoms with Crippen LogP contribution in [0.1, 0.15) is 15.9 Å². The van der Waals surface area contributed by atoms with E-state index in [4.69, 9.17) is 5.11 Å². The summed E-state index contributed by atoms with van der Waals surface area (Å²) in [5.41, 5.74) is 0.401. The normalized spacial score (nSPS) is 10.1. The maximum absolute atomic E-state index is 13.1. The maximum atomic E-state index is 13.1. The van der Waals surface area contributed by atoms with Gasteiger partial charge in [-0.1, -0.05) is 12.1 Å². The van der Waals surface area contributed by atoms with E-state index in [2.05, 4.69) is 5.32 Å². The summed E-state index contributed by atoms with van der Waals surface area (Å²) < 4.78 is 13.1. The molecule has 0 heterocycles. The summed E-state index contributed by atoms with van der Waals surface area (Å²) in [6.07, 6.45) is 0. The summed E-state index contributed by atoms with van der Waals surface area (Å²) in [6.45, 7) is 0.152. The quantitative estimate of drug-likeness (QED) is 0.652. The van der Waals surface area contributed by atoms with Crippen LogP contribution in [0, 0.1) is 15.9 Å². The first-order valence-electron chi connectivity index (χ1n) is 5.97. The molecule has 7 heteroatoms. The number of nitrogens with one attached hydrogen (secondary N) is 1. The van der Waals surface area contributed by atoms with Crippen molar-refractivity contribution in [2.24, 2.45) is 0 Å². The number of anilines is 1. The average molecular weight is 290 g/mol. The van der Waals surface area contributed by atoms with E-state index in [0.29, 0.717) is 5.56 Å². The van der Waals surface area contributed by atoms with Gasteiger partial charge in [0.1, 0.15) is 5.82 Å². The molecule has 0 bridgehead atoms. The fourth-order valence-electron chi connectivity index (χ4n) is 1.82. The van der Waals surface area contributed by atoms with E-state index in [1.54, 1.807) is 6.07 Å². The Bertz CT molecular complexity index is 703. The molecule has 108 valence electrons. The zero-order valence-electron chi connectivity index (χ0n) is 10.7. The zero-order valence-corrected chi connectivity index (χ0v) is 10.7. The number of carbonyl (C=O) groups is 1. The van der Waals surface area contributed by atoms with Crippen LogP contribution in [0.4, 0.5) is 15.8 Å². The van der Waals surface area contributed by atoms with Crippen molar-refractivity contribution in [1.82, 2.24) is 0 Å². The third-order valence-electron chi connectivity index (χ3n) is 2.82. The SMILES string of the molecule is O=C(O)c1ccc([N+](=O)[O-])cc1NCc1cccc(F)c1. The van der Waals surface area contributed by atoms with Gasteiger partial charge in [-0.25, -0.2) is 9.18 Å². The average Bonchev–Trinajstić information content (AvgIpc) is 2.44. The van der Waals surface area contributed by atoms with E-state index < -0.39 is 16.7 Å². The van der Waals surface area contributed by atoms with E-state index in [0.717, 1.165) is 18.2 Å². The number of hydrogen-bond acceptors (Lipinski definition) is 4. The number of nitrogens with zero attached hydrogens (tertiary/aromatic N) is 1. The van der Waals surface area contributed by atoms with Crippen LogP contribution in [0.3, 0.4) is 0 Å². The number of aromatic carboxylic acids is 1. The minimum atomic E-state index is -1.20. The first-order valence-corrected chi connectivity index (χ1v) is 5.97. The number of non-ortho nitro benzene ring substituents is 1. The lowest BCUT2D eigenvalue weighted by molar-refractivity contribution is -0.384. The molecule has 21 heavy (non-hydrogen) atoms. The van der Waals surface area contributed by atoms with Gasteiger partial charge in [-0.15, -0.1) is 0 Å². The molecule has 0 radical (unpaired) electrons. The second-order valence-electron chi connectivity index (χ2n) is 4.28. The van der Waals surface area contributed by atoms with Crippen molar-refractivity contribution < 1.29 is 19.2 Å². The summed E-state index contributed by atoms with van der Waals surface area (Å²) in [5, 5.41) is 22.6. The van der Waals surface area contributed by atoms with Gasteiger partial charge in [-0.3, -0.25) is 10.1 Å². The van der Waals surface area contributed by atoms with E-state index >= 15 is 0 Å². The van der Waals surface area contributed by atoms with Crippen molar-refractivity contribution in [3.05, 3.63) is 69.5 Å². The minimum Gasteiger partial charge on any atom is -0.478 e. The first kappa shape index (κ1) is 14.4. The maximum Gasteiger partial charge on any atom is 0.337 e. The molecule has 0 amide bonds. The van der Waals surface area contributed by atoms with E-state index in [1.807, 2.05) is 0 Å². The Hall–Kier alpha value is -2.96. The number of nitro benzene ring substituents is 1. The van der Waals surface area contributed by atoms with Gasteiger partial charge in [-0.2, -0.15) is 0 Å². The summed E-state index contributed by atoms with van der Waals surface area (Å²) in [5.74, 6) is -1.61. The molecule has 0 unspecified atom stereocenters. The Balaban J connectivity index is 2.26. The van der Waals surface area contributed by atoms with Crippen molar-refractivity contribution in [2.75, 3.05) is 5.32 Å². The molecule has 0 spiro atoms. The van der Waals surface area contributed by atoms with Crippen molar-refractivity contribution >= 4 is 17.3 Å². The molecule has 2 aromatic rings. The number of carboxylic acids is 1. The molecule has 0 aliphatic heterocycles. The Morgan fingerprint density at radius 2 is 2.05 bits per heavy atom. The molecule has 0 saturated heterocycles. The van der Waals surface area contributed by atoms with Crippen molar-refractivity contribution in [1.29, 1.82) is 0 Å². The smallest absolute Gasteiger partial charge is 0.337 e. The van der Waals surface area contributed by atoms with Crippen molar-refractivity contribution in [3.63, 3.8) is 0 Å². The van der Waals surface area contributed by atoms with Gasteiger partial charge in [0.05, 0.1) is 16.2 Å². The number of rotatable bonds is 5. The number of halogens is 1. The highest BCUT2D eigenvalue weighted by atomic mass is 19.1. The van der Waals surface area contributed by atoms with Crippen LogP contribution in [0.5, 0.6) is 0 Å². The highest BCUT2D eigenvalue weighted by Crippen LogP contribution is 2.23. The number of carboxylic acid groups (broad SMARTS) is 1. The van der Waals surface area contributed by atoms with Crippen molar-refractivity contribution in [2.45, 2.75) is 6.54 Å². The predicted molar refractivity (Wildman–Crippen MR) is 73.8 cm³/mol. The third kappa shape index (κ3) is 3.53.